The summed E-state index contributed by atoms with van der Waals surface area (Å²) in [6.45, 7) is 0.411. The Kier molecular flexibility index (Phi) is 3.78. The molecule has 1 aromatic heterocycles. The molecule has 1 amide bonds. The van der Waals surface area contributed by atoms with Crippen LogP contribution < -0.4 is 0 Å². The van der Waals surface area contributed by atoms with Crippen molar-refractivity contribution in [3.8, 4) is 0 Å². The number of carbonyl (C=O) groups is 2. The fourth-order valence-electron chi connectivity index (χ4n) is 1.71. The number of carboxylic acid groups (broad SMARTS) is 1. The van der Waals surface area contributed by atoms with Crippen LogP contribution in [0.5, 0.6) is 0 Å². The standard InChI is InChI=1S/C12H15NO3S/c14-11(5-10-3-4-17-8-10)13(7-12(15)16)6-9-1-2-9/h3-4,8-9H,1-2,5-7H2,(H,15,16). The normalized spacial score (nSPS) is 14.6. The average Bonchev–Trinajstić information content (AvgIpc) is 2.92. The van der Waals surface area contributed by atoms with E-state index < -0.39 is 5.97 Å². The molecule has 0 radical (unpaired) electrons. The molecule has 5 heteroatoms. The smallest absolute Gasteiger partial charge is 0.323 e. The molecule has 92 valence electrons. The molecule has 0 aliphatic heterocycles. The van der Waals surface area contributed by atoms with Gasteiger partial charge in [0.1, 0.15) is 6.54 Å². The van der Waals surface area contributed by atoms with E-state index in [9.17, 15) is 9.59 Å². The predicted molar refractivity (Wildman–Crippen MR) is 65.0 cm³/mol. The van der Waals surface area contributed by atoms with Gasteiger partial charge in [-0.3, -0.25) is 9.59 Å². The van der Waals surface area contributed by atoms with Crippen molar-refractivity contribution < 1.29 is 14.7 Å². The zero-order valence-corrected chi connectivity index (χ0v) is 10.3. The number of aliphatic carboxylic acids is 1. The summed E-state index contributed by atoms with van der Waals surface area (Å²) >= 11 is 1.55. The molecule has 0 atom stereocenters. The Morgan fingerprint density at radius 1 is 1.47 bits per heavy atom. The molecule has 1 aliphatic carbocycles. The van der Waals surface area contributed by atoms with E-state index in [-0.39, 0.29) is 12.5 Å². The monoisotopic (exact) mass is 253 g/mol. The lowest BCUT2D eigenvalue weighted by molar-refractivity contribution is -0.144. The molecular weight excluding hydrogens is 238 g/mol. The van der Waals surface area contributed by atoms with Gasteiger partial charge in [-0.2, -0.15) is 11.3 Å². The van der Waals surface area contributed by atoms with Gasteiger partial charge in [0.05, 0.1) is 6.42 Å². The van der Waals surface area contributed by atoms with Gasteiger partial charge in [0, 0.05) is 6.54 Å². The summed E-state index contributed by atoms with van der Waals surface area (Å²) in [5, 5.41) is 12.6. The van der Waals surface area contributed by atoms with Gasteiger partial charge in [0.15, 0.2) is 0 Å². The van der Waals surface area contributed by atoms with Crippen LogP contribution in [0.15, 0.2) is 16.8 Å². The molecule has 4 nitrogen and oxygen atoms in total. The zero-order chi connectivity index (χ0) is 12.3. The molecule has 0 saturated heterocycles. The van der Waals surface area contributed by atoms with E-state index >= 15 is 0 Å². The minimum atomic E-state index is -0.940. The van der Waals surface area contributed by atoms with Gasteiger partial charge < -0.3 is 10.0 Å². The molecule has 17 heavy (non-hydrogen) atoms. The number of hydrogen-bond acceptors (Lipinski definition) is 3. The first-order valence-electron chi connectivity index (χ1n) is 5.66. The third-order valence-electron chi connectivity index (χ3n) is 2.79. The lowest BCUT2D eigenvalue weighted by Crippen LogP contribution is -2.38. The molecule has 0 unspecified atom stereocenters. The second-order valence-corrected chi connectivity index (χ2v) is 5.20. The van der Waals surface area contributed by atoms with Crippen LogP contribution in [0.3, 0.4) is 0 Å². The maximum Gasteiger partial charge on any atom is 0.323 e. The molecule has 0 bridgehead atoms. The van der Waals surface area contributed by atoms with Crippen molar-refractivity contribution >= 4 is 23.2 Å². The summed E-state index contributed by atoms with van der Waals surface area (Å²) < 4.78 is 0. The Balaban J connectivity index is 1.93. The summed E-state index contributed by atoms with van der Waals surface area (Å²) in [7, 11) is 0. The van der Waals surface area contributed by atoms with Crippen LogP contribution in [0.4, 0.5) is 0 Å². The van der Waals surface area contributed by atoms with E-state index in [2.05, 4.69) is 0 Å². The van der Waals surface area contributed by atoms with Crippen molar-refractivity contribution in [3.63, 3.8) is 0 Å². The van der Waals surface area contributed by atoms with Crippen LogP contribution >= 0.6 is 11.3 Å². The van der Waals surface area contributed by atoms with Gasteiger partial charge in [-0.15, -0.1) is 0 Å². The third-order valence-corrected chi connectivity index (χ3v) is 3.52. The fraction of sp³-hybridized carbons (Fsp3) is 0.500. The van der Waals surface area contributed by atoms with Crippen LogP contribution in [0.25, 0.3) is 0 Å². The Morgan fingerprint density at radius 3 is 2.76 bits per heavy atom. The molecule has 1 N–H and O–H groups in total. The first-order valence-corrected chi connectivity index (χ1v) is 6.60. The number of thiophene rings is 1. The molecule has 1 aromatic rings. The molecule has 0 spiro atoms. The number of nitrogens with zero attached hydrogens (tertiary/aromatic N) is 1. The van der Waals surface area contributed by atoms with Crippen LogP contribution in [-0.2, 0) is 16.0 Å². The molecule has 2 rings (SSSR count). The van der Waals surface area contributed by atoms with E-state index in [1.165, 1.54) is 4.90 Å². The summed E-state index contributed by atoms with van der Waals surface area (Å²) in [6, 6.07) is 1.90. The highest BCUT2D eigenvalue weighted by molar-refractivity contribution is 7.07. The van der Waals surface area contributed by atoms with Crippen molar-refractivity contribution in [2.45, 2.75) is 19.3 Å². The molecule has 1 saturated carbocycles. The van der Waals surface area contributed by atoms with Gasteiger partial charge >= 0.3 is 5.97 Å². The minimum absolute atomic E-state index is 0.0855. The Bertz CT molecular complexity index is 398. The summed E-state index contributed by atoms with van der Waals surface area (Å²) in [4.78, 5) is 24.2. The number of rotatable bonds is 6. The highest BCUT2D eigenvalue weighted by Crippen LogP contribution is 2.29. The van der Waals surface area contributed by atoms with E-state index in [4.69, 9.17) is 5.11 Å². The van der Waals surface area contributed by atoms with Crippen LogP contribution in [0.1, 0.15) is 18.4 Å². The van der Waals surface area contributed by atoms with E-state index in [1.807, 2.05) is 16.8 Å². The largest absolute Gasteiger partial charge is 0.480 e. The maximum absolute atomic E-state index is 12.0. The Hall–Kier alpha value is -1.36. The van der Waals surface area contributed by atoms with E-state index in [0.717, 1.165) is 18.4 Å². The summed E-state index contributed by atoms with van der Waals surface area (Å²) in [5.74, 6) is -0.511. The SMILES string of the molecule is O=C(O)CN(CC1CC1)C(=O)Cc1ccsc1. The van der Waals surface area contributed by atoms with Gasteiger partial charge in [-0.05, 0) is 41.1 Å². The number of hydrogen-bond donors (Lipinski definition) is 1. The van der Waals surface area contributed by atoms with Crippen LogP contribution in [-0.4, -0.2) is 35.0 Å². The number of carboxylic acids is 1. The Labute approximate surface area is 104 Å². The topological polar surface area (TPSA) is 57.6 Å². The molecule has 1 heterocycles. The van der Waals surface area contributed by atoms with Crippen LogP contribution in [0.2, 0.25) is 0 Å². The van der Waals surface area contributed by atoms with Crippen molar-refractivity contribution in [1.29, 1.82) is 0 Å². The lowest BCUT2D eigenvalue weighted by Gasteiger charge is -2.20. The van der Waals surface area contributed by atoms with Crippen LogP contribution in [0, 0.1) is 5.92 Å². The molecular formula is C12H15NO3S. The summed E-state index contributed by atoms with van der Waals surface area (Å²) in [6.07, 6.45) is 2.53. The average molecular weight is 253 g/mol. The second kappa shape index (κ2) is 5.31. The highest BCUT2D eigenvalue weighted by Gasteiger charge is 2.27. The second-order valence-electron chi connectivity index (χ2n) is 4.42. The maximum atomic E-state index is 12.0. The lowest BCUT2D eigenvalue weighted by atomic mass is 10.2. The van der Waals surface area contributed by atoms with Crippen molar-refractivity contribution in [2.24, 2.45) is 5.92 Å². The third kappa shape index (κ3) is 3.85. The van der Waals surface area contributed by atoms with Crippen molar-refractivity contribution in [1.82, 2.24) is 4.90 Å². The van der Waals surface area contributed by atoms with E-state index in [1.54, 1.807) is 11.3 Å². The van der Waals surface area contributed by atoms with Gasteiger partial charge in [-0.25, -0.2) is 0 Å². The minimum Gasteiger partial charge on any atom is -0.480 e. The molecule has 1 aliphatic rings. The van der Waals surface area contributed by atoms with Gasteiger partial charge in [0.2, 0.25) is 5.91 Å². The first-order chi connectivity index (χ1) is 8.15. The zero-order valence-electron chi connectivity index (χ0n) is 9.46. The van der Waals surface area contributed by atoms with Crippen molar-refractivity contribution in [2.75, 3.05) is 13.1 Å². The number of amides is 1. The summed E-state index contributed by atoms with van der Waals surface area (Å²) in [5.41, 5.74) is 0.964. The molecule has 1 fully saturated rings. The highest BCUT2D eigenvalue weighted by atomic mass is 32.1. The quantitative estimate of drug-likeness (QED) is 0.838. The predicted octanol–water partition coefficient (Wildman–Crippen LogP) is 1.61. The van der Waals surface area contributed by atoms with Gasteiger partial charge in [-0.1, -0.05) is 0 Å². The Morgan fingerprint density at radius 2 is 2.24 bits per heavy atom. The van der Waals surface area contributed by atoms with Crippen molar-refractivity contribution in [3.05, 3.63) is 22.4 Å². The number of carbonyl (C=O) groups excluding carboxylic acids is 1. The van der Waals surface area contributed by atoms with E-state index in [0.29, 0.717) is 18.9 Å². The molecule has 0 aromatic carbocycles. The fourth-order valence-corrected chi connectivity index (χ4v) is 2.38. The van der Waals surface area contributed by atoms with Gasteiger partial charge in [0.25, 0.3) is 0 Å². The first kappa shape index (κ1) is 12.1.